The van der Waals surface area contributed by atoms with E-state index in [4.69, 9.17) is 14.2 Å². The molecule has 3 N–H and O–H groups in total. The predicted octanol–water partition coefficient (Wildman–Crippen LogP) is 1.07. The van der Waals surface area contributed by atoms with Crippen molar-refractivity contribution in [3.8, 4) is 5.75 Å². The number of Topliss-reactive ketones (excluding diaryl/α,β-unsaturated/α-hetero) is 1. The van der Waals surface area contributed by atoms with E-state index in [1.165, 1.54) is 19.2 Å². The summed E-state index contributed by atoms with van der Waals surface area (Å²) in [6.07, 6.45) is -6.55. The molecule has 7 nitrogen and oxygen atoms in total. The van der Waals surface area contributed by atoms with Gasteiger partial charge < -0.3 is 29.5 Å². The lowest BCUT2D eigenvalue weighted by Gasteiger charge is -2.37. The van der Waals surface area contributed by atoms with Gasteiger partial charge in [-0.2, -0.15) is 0 Å². The number of ketones is 1. The first-order chi connectivity index (χ1) is 13.0. The number of hydrogen-bond acceptors (Lipinski definition) is 7. The largest absolute Gasteiger partial charge is 0.497 e. The molecule has 7 heteroatoms. The van der Waals surface area contributed by atoms with Gasteiger partial charge in [-0.15, -0.1) is 0 Å². The van der Waals surface area contributed by atoms with Gasteiger partial charge in [-0.1, -0.05) is 30.3 Å². The zero-order valence-corrected chi connectivity index (χ0v) is 14.8. The van der Waals surface area contributed by atoms with Crippen LogP contribution in [0.25, 0.3) is 0 Å². The van der Waals surface area contributed by atoms with Crippen LogP contribution in [0, 0.1) is 0 Å². The second kappa shape index (κ2) is 8.60. The summed E-state index contributed by atoms with van der Waals surface area (Å²) in [5.74, 6) is -0.112. The maximum absolute atomic E-state index is 12.5. The van der Waals surface area contributed by atoms with Crippen molar-refractivity contribution in [3.05, 3.63) is 65.7 Å². The first-order valence-corrected chi connectivity index (χ1v) is 8.55. The van der Waals surface area contributed by atoms with Gasteiger partial charge in [0.25, 0.3) is 0 Å². The highest BCUT2D eigenvalue weighted by molar-refractivity contribution is 5.99. The lowest BCUT2D eigenvalue weighted by atomic mass is 9.95. The van der Waals surface area contributed by atoms with Crippen molar-refractivity contribution in [2.24, 2.45) is 0 Å². The Morgan fingerprint density at radius 2 is 1.78 bits per heavy atom. The SMILES string of the molecule is COc1ccc(C(=O)[C@H](O)[C@@H](O)[C@@H]2OC(c3ccccc3)OC[C@H]2O)cc1. The highest BCUT2D eigenvalue weighted by Gasteiger charge is 2.41. The number of benzene rings is 2. The van der Waals surface area contributed by atoms with Gasteiger partial charge in [0.05, 0.1) is 13.7 Å². The second-order valence-electron chi connectivity index (χ2n) is 6.27. The molecule has 0 bridgehead atoms. The van der Waals surface area contributed by atoms with Crippen molar-refractivity contribution in [3.63, 3.8) is 0 Å². The molecule has 0 spiro atoms. The van der Waals surface area contributed by atoms with Gasteiger partial charge in [0.15, 0.2) is 12.1 Å². The van der Waals surface area contributed by atoms with Crippen LogP contribution in [-0.4, -0.2) is 59.2 Å². The maximum atomic E-state index is 12.5. The van der Waals surface area contributed by atoms with E-state index in [2.05, 4.69) is 0 Å². The maximum Gasteiger partial charge on any atom is 0.194 e. The fraction of sp³-hybridized carbons (Fsp3) is 0.350. The number of aliphatic hydroxyl groups is 3. The van der Waals surface area contributed by atoms with Crippen molar-refractivity contribution in [1.29, 1.82) is 0 Å². The molecule has 1 fully saturated rings. The van der Waals surface area contributed by atoms with E-state index in [-0.39, 0.29) is 12.2 Å². The first-order valence-electron chi connectivity index (χ1n) is 8.55. The summed E-state index contributed by atoms with van der Waals surface area (Å²) in [5, 5.41) is 30.9. The molecule has 1 aliphatic rings. The lowest BCUT2D eigenvalue weighted by Crippen LogP contribution is -2.53. The molecular weight excluding hydrogens is 352 g/mol. The molecule has 27 heavy (non-hydrogen) atoms. The standard InChI is InChI=1S/C20H22O7/c1-25-14-9-7-12(8-10-14)16(22)17(23)18(24)19-15(21)11-26-20(27-19)13-5-3-2-4-6-13/h2-10,15,17-21,23-24H,11H2,1H3/t15-,17+,18-,19-,20?/m1/s1. The summed E-state index contributed by atoms with van der Waals surface area (Å²) in [7, 11) is 1.50. The van der Waals surface area contributed by atoms with Gasteiger partial charge in [-0.25, -0.2) is 0 Å². The third kappa shape index (κ3) is 4.35. The van der Waals surface area contributed by atoms with Crippen LogP contribution in [0.3, 0.4) is 0 Å². The third-order valence-corrected chi connectivity index (χ3v) is 4.45. The fourth-order valence-electron chi connectivity index (χ4n) is 2.91. The Labute approximate surface area is 156 Å². The summed E-state index contributed by atoms with van der Waals surface area (Å²) in [6.45, 7) is -0.0925. The Bertz CT molecular complexity index is 747. The number of aliphatic hydroxyl groups excluding tert-OH is 3. The minimum atomic E-state index is -1.76. The van der Waals surface area contributed by atoms with Crippen molar-refractivity contribution in [1.82, 2.24) is 0 Å². The number of ether oxygens (including phenoxy) is 3. The van der Waals surface area contributed by atoms with Crippen LogP contribution >= 0.6 is 0 Å². The summed E-state index contributed by atoms with van der Waals surface area (Å²) in [6, 6.07) is 15.2. The molecular formula is C20H22O7. The molecule has 144 valence electrons. The van der Waals surface area contributed by atoms with E-state index in [1.807, 2.05) is 6.07 Å². The molecule has 2 aromatic carbocycles. The van der Waals surface area contributed by atoms with Gasteiger partial charge in [0, 0.05) is 11.1 Å². The summed E-state index contributed by atoms with van der Waals surface area (Å²) in [4.78, 5) is 12.5. The van der Waals surface area contributed by atoms with Crippen molar-refractivity contribution in [2.75, 3.05) is 13.7 Å². The van der Waals surface area contributed by atoms with E-state index < -0.39 is 36.5 Å². The number of methoxy groups -OCH3 is 1. The van der Waals surface area contributed by atoms with E-state index in [1.54, 1.807) is 36.4 Å². The monoisotopic (exact) mass is 374 g/mol. The first kappa shape index (κ1) is 19.5. The Balaban J connectivity index is 1.71. The van der Waals surface area contributed by atoms with Crippen molar-refractivity contribution >= 4 is 5.78 Å². The van der Waals surface area contributed by atoms with Crippen LogP contribution in [0.4, 0.5) is 0 Å². The molecule has 3 rings (SSSR count). The molecule has 0 aromatic heterocycles. The molecule has 1 unspecified atom stereocenters. The topological polar surface area (TPSA) is 105 Å². The number of carbonyl (C=O) groups is 1. The number of carbonyl (C=O) groups excluding carboxylic acids is 1. The van der Waals surface area contributed by atoms with E-state index in [9.17, 15) is 20.1 Å². The van der Waals surface area contributed by atoms with Crippen molar-refractivity contribution < 1.29 is 34.3 Å². The predicted molar refractivity (Wildman–Crippen MR) is 95.4 cm³/mol. The summed E-state index contributed by atoms with van der Waals surface area (Å²) in [5.41, 5.74) is 0.918. The molecule has 0 amide bonds. The Kier molecular flexibility index (Phi) is 6.20. The summed E-state index contributed by atoms with van der Waals surface area (Å²) >= 11 is 0. The molecule has 1 aliphatic heterocycles. The fourth-order valence-corrected chi connectivity index (χ4v) is 2.91. The minimum absolute atomic E-state index is 0.0925. The quantitative estimate of drug-likeness (QED) is 0.650. The highest BCUT2D eigenvalue weighted by Crippen LogP contribution is 2.29. The van der Waals surface area contributed by atoms with Gasteiger partial charge in [-0.3, -0.25) is 4.79 Å². The molecule has 0 aliphatic carbocycles. The number of rotatable bonds is 6. The van der Waals surface area contributed by atoms with Crippen LogP contribution in [0.1, 0.15) is 22.2 Å². The molecule has 0 radical (unpaired) electrons. The van der Waals surface area contributed by atoms with Gasteiger partial charge in [-0.05, 0) is 24.3 Å². The zero-order chi connectivity index (χ0) is 19.4. The van der Waals surface area contributed by atoms with Crippen LogP contribution in [0.2, 0.25) is 0 Å². The normalized spacial score (nSPS) is 24.8. The average Bonchev–Trinajstić information content (AvgIpc) is 2.73. The minimum Gasteiger partial charge on any atom is -0.497 e. The Hall–Kier alpha value is -2.29. The van der Waals surface area contributed by atoms with Gasteiger partial charge in [0.1, 0.15) is 30.2 Å². The van der Waals surface area contributed by atoms with Crippen LogP contribution in [0.15, 0.2) is 54.6 Å². The zero-order valence-electron chi connectivity index (χ0n) is 14.8. The van der Waals surface area contributed by atoms with Crippen LogP contribution < -0.4 is 4.74 Å². The van der Waals surface area contributed by atoms with Gasteiger partial charge >= 0.3 is 0 Å². The van der Waals surface area contributed by atoms with Crippen molar-refractivity contribution in [2.45, 2.75) is 30.7 Å². The van der Waals surface area contributed by atoms with E-state index in [0.29, 0.717) is 11.3 Å². The highest BCUT2D eigenvalue weighted by atomic mass is 16.7. The van der Waals surface area contributed by atoms with E-state index in [0.717, 1.165) is 0 Å². The smallest absolute Gasteiger partial charge is 0.194 e. The molecule has 1 saturated heterocycles. The third-order valence-electron chi connectivity index (χ3n) is 4.45. The molecule has 0 saturated carbocycles. The van der Waals surface area contributed by atoms with Crippen LogP contribution in [-0.2, 0) is 9.47 Å². The Morgan fingerprint density at radius 3 is 2.41 bits per heavy atom. The lowest BCUT2D eigenvalue weighted by molar-refractivity contribution is -0.280. The molecule has 5 atom stereocenters. The van der Waals surface area contributed by atoms with Gasteiger partial charge in [0.2, 0.25) is 0 Å². The molecule has 2 aromatic rings. The average molecular weight is 374 g/mol. The number of hydrogen-bond donors (Lipinski definition) is 3. The van der Waals surface area contributed by atoms with E-state index >= 15 is 0 Å². The summed E-state index contributed by atoms with van der Waals surface area (Å²) < 4.78 is 16.1. The molecule has 1 heterocycles. The second-order valence-corrected chi connectivity index (χ2v) is 6.27. The van der Waals surface area contributed by atoms with Crippen LogP contribution in [0.5, 0.6) is 5.75 Å². The Morgan fingerprint density at radius 1 is 1.11 bits per heavy atom.